The molecule has 0 N–H and O–H groups in total. The molecule has 9 rings (SSSR count). The molecule has 0 saturated carbocycles. The first-order valence-corrected chi connectivity index (χ1v) is 21.6. The number of hydrogen-bond acceptors (Lipinski definition) is 0. The van der Waals surface area contributed by atoms with Crippen LogP contribution in [0, 0.1) is 24.7 Å². The second kappa shape index (κ2) is 22.8. The monoisotopic (exact) mass is 1050 g/mol. The predicted octanol–water partition coefficient (Wildman–Crippen LogP) is 10.2. The molecule has 0 atom stereocenters. The molecule has 0 spiro atoms. The van der Waals surface area contributed by atoms with Gasteiger partial charge in [-0.1, -0.05) is 168 Å². The normalized spacial score (nSPS) is 10.1. The fourth-order valence-electron chi connectivity index (χ4n) is 6.96. The molecule has 58 heavy (non-hydrogen) atoms. The quantitative estimate of drug-likeness (QED) is 0.0674. The van der Waals surface area contributed by atoms with E-state index in [1.54, 1.807) is 0 Å². The predicted molar refractivity (Wildman–Crippen MR) is 247 cm³/mol. The summed E-state index contributed by atoms with van der Waals surface area (Å²) in [6.45, 7) is 0. The fraction of sp³-hybridized carbons (Fsp3) is 0. The zero-order valence-corrected chi connectivity index (χ0v) is 37.2. The van der Waals surface area contributed by atoms with Crippen molar-refractivity contribution in [2.75, 3.05) is 0 Å². The van der Waals surface area contributed by atoms with Crippen LogP contribution in [-0.4, -0.2) is 0 Å². The van der Waals surface area contributed by atoms with Crippen LogP contribution in [0.15, 0.2) is 231 Å². The zero-order chi connectivity index (χ0) is 38.4. The zero-order valence-electron chi connectivity index (χ0n) is 31.5. The molecule has 0 aromatic heterocycles. The van der Waals surface area contributed by atoms with Crippen LogP contribution < -0.4 is 31.8 Å². The Balaban J connectivity index is 0.000000201. The summed E-state index contributed by atoms with van der Waals surface area (Å²) >= 11 is 0. The summed E-state index contributed by atoms with van der Waals surface area (Å²) in [5.74, 6) is 4.84. The molecule has 9 aromatic rings. The van der Waals surface area contributed by atoms with Crippen LogP contribution in [0.5, 0.6) is 0 Å². The van der Waals surface area contributed by atoms with Gasteiger partial charge in [-0.3, -0.25) is 11.8 Å². The first-order chi connectivity index (χ1) is 27.7. The van der Waals surface area contributed by atoms with Crippen molar-refractivity contribution >= 4 is 69.2 Å². The van der Waals surface area contributed by atoms with Gasteiger partial charge in [-0.15, -0.1) is 23.3 Å². The Morgan fingerprint density at radius 1 is 0.293 bits per heavy atom. The maximum atomic E-state index is 7.08. The summed E-state index contributed by atoms with van der Waals surface area (Å²) in [7, 11) is -2.28. The molecule has 4 heteroatoms. The average molecular weight is 1060 g/mol. The third kappa shape index (κ3) is 10.9. The second-order valence-corrected chi connectivity index (χ2v) is 17.9. The average Bonchev–Trinajstić information content (AvgIpc) is 3.28. The Morgan fingerprint density at radius 3 is 0.862 bits per heavy atom. The van der Waals surface area contributed by atoms with Gasteiger partial charge in [0.05, 0.1) is 0 Å². The Hall–Kier alpha value is -5.04. The third-order valence-electron chi connectivity index (χ3n) is 9.56. The first-order valence-electron chi connectivity index (χ1n) is 18.6. The van der Waals surface area contributed by atoms with Crippen LogP contribution in [-0.2, 0) is 44.8 Å². The molecule has 0 unspecified atom stereocenters. The van der Waals surface area contributed by atoms with Gasteiger partial charge in [-0.25, -0.2) is 0 Å². The van der Waals surface area contributed by atoms with Gasteiger partial charge in [0.15, 0.2) is 0 Å². The van der Waals surface area contributed by atoms with Gasteiger partial charge in [-0.05, 0) is 71.4 Å². The topological polar surface area (TPSA) is 0 Å². The van der Waals surface area contributed by atoms with Crippen molar-refractivity contribution < 1.29 is 44.8 Å². The minimum absolute atomic E-state index is 0. The van der Waals surface area contributed by atoms with Gasteiger partial charge in [0, 0.05) is 0 Å². The summed E-state index contributed by atoms with van der Waals surface area (Å²) in [6, 6.07) is 81.2. The van der Waals surface area contributed by atoms with Crippen LogP contribution in [0.4, 0.5) is 0 Å². The number of fused-ring (bicyclic) bond motifs is 2. The van der Waals surface area contributed by atoms with Crippen molar-refractivity contribution in [1.29, 1.82) is 0 Å². The van der Waals surface area contributed by atoms with Crippen LogP contribution in [0.25, 0.3) is 21.5 Å². The molecule has 0 aliphatic heterocycles. The summed E-state index contributed by atoms with van der Waals surface area (Å²) in [6.07, 6.45) is 14.2. The van der Waals surface area contributed by atoms with Crippen LogP contribution >= 0.6 is 15.8 Å². The molecular formula is C54H40AgAuP2+2. The Bertz CT molecular complexity index is 2440. The summed E-state index contributed by atoms with van der Waals surface area (Å²) in [5.41, 5.74) is 1.71. The summed E-state index contributed by atoms with van der Waals surface area (Å²) < 4.78 is 0. The maximum absolute atomic E-state index is 7.08. The van der Waals surface area contributed by atoms with E-state index < -0.39 is 15.8 Å². The van der Waals surface area contributed by atoms with Crippen molar-refractivity contribution in [3.8, 4) is 11.8 Å². The van der Waals surface area contributed by atoms with E-state index >= 15 is 0 Å². The fourth-order valence-corrected chi connectivity index (χ4v) is 13.0. The van der Waals surface area contributed by atoms with E-state index in [0.717, 1.165) is 32.7 Å². The molecule has 0 heterocycles. The summed E-state index contributed by atoms with van der Waals surface area (Å²) in [5, 5.41) is 13.2. The van der Waals surface area contributed by atoms with Crippen molar-refractivity contribution in [2.24, 2.45) is 0 Å². The molecule has 0 bridgehead atoms. The molecule has 0 fully saturated rings. The molecule has 0 nitrogen and oxygen atoms in total. The largest absolute Gasteiger partial charge is 1.00 e. The van der Waals surface area contributed by atoms with Crippen molar-refractivity contribution in [3.05, 3.63) is 254 Å². The van der Waals surface area contributed by atoms with Crippen LogP contribution in [0.3, 0.4) is 0 Å². The minimum Gasteiger partial charge on any atom is -0.366 e. The Kier molecular flexibility index (Phi) is 17.3. The van der Waals surface area contributed by atoms with Crippen molar-refractivity contribution in [1.82, 2.24) is 0 Å². The molecule has 0 aliphatic rings. The number of benzene rings is 9. The number of hydrogen-bond donors (Lipinski definition) is 0. The van der Waals surface area contributed by atoms with Crippen molar-refractivity contribution in [3.63, 3.8) is 0 Å². The van der Waals surface area contributed by atoms with Gasteiger partial charge in [0.25, 0.3) is 0 Å². The second-order valence-electron chi connectivity index (χ2n) is 13.1. The molecule has 0 saturated heterocycles. The Labute approximate surface area is 377 Å². The van der Waals surface area contributed by atoms with Gasteiger partial charge in [0.2, 0.25) is 0 Å². The molecule has 0 aliphatic carbocycles. The Morgan fingerprint density at radius 2 is 0.552 bits per heavy atom. The third-order valence-corrected chi connectivity index (χ3v) is 15.4. The van der Waals surface area contributed by atoms with E-state index in [1.807, 2.05) is 84.9 Å². The number of rotatable bonds is 6. The SMILES string of the molecule is [Ag+].[Au+].[C-]#Cc1cccc2ccccc12.[C-]#Cc1cccc2ccccc12.c1ccc([PH+](c2ccccc2)c2ccccc2[PH+](c2ccccc2)c2ccccc2)cc1. The molecule has 9 aromatic carbocycles. The van der Waals surface area contributed by atoms with E-state index in [1.165, 1.54) is 31.8 Å². The van der Waals surface area contributed by atoms with Gasteiger partial charge in [0.1, 0.15) is 47.7 Å². The minimum atomic E-state index is -1.14. The van der Waals surface area contributed by atoms with Gasteiger partial charge < -0.3 is 12.8 Å². The van der Waals surface area contributed by atoms with E-state index in [9.17, 15) is 0 Å². The van der Waals surface area contributed by atoms with Gasteiger partial charge >= 0.3 is 44.8 Å². The standard InChI is InChI=1S/C30H24P2.2C12H7.Ag.Au/c1-5-15-25(16-6-1)31(26-17-7-2-8-18-26)29-23-13-14-24-30(29)32(27-19-9-3-10-20-27)28-21-11-4-12-22-28;2*1-2-10-7-5-8-11-6-3-4-9-12(10)11;;/h1-24H;2*3-9H;;/q;2*-1;2*+1/p+2. The summed E-state index contributed by atoms with van der Waals surface area (Å²) in [4.78, 5) is 0. The smallest absolute Gasteiger partial charge is 0.366 e. The van der Waals surface area contributed by atoms with E-state index in [0.29, 0.717) is 0 Å². The van der Waals surface area contributed by atoms with Crippen LogP contribution in [0.1, 0.15) is 11.1 Å². The van der Waals surface area contributed by atoms with Crippen molar-refractivity contribution in [2.45, 2.75) is 0 Å². The molecule has 286 valence electrons. The van der Waals surface area contributed by atoms with E-state index in [-0.39, 0.29) is 44.8 Å². The maximum Gasteiger partial charge on any atom is 1.00 e. The molecular weight excluding hydrogens is 1020 g/mol. The van der Waals surface area contributed by atoms with Gasteiger partial charge in [-0.2, -0.15) is 0 Å². The first kappa shape index (κ1) is 44.1. The van der Waals surface area contributed by atoms with E-state index in [2.05, 4.69) is 157 Å². The van der Waals surface area contributed by atoms with Crippen LogP contribution in [0.2, 0.25) is 0 Å². The molecule has 0 amide bonds. The molecule has 0 radical (unpaired) electrons. The van der Waals surface area contributed by atoms with E-state index in [4.69, 9.17) is 12.8 Å².